The molecular weight excluding hydrogens is 396 g/mol. The summed E-state index contributed by atoms with van der Waals surface area (Å²) in [5.41, 5.74) is 7.30. The van der Waals surface area contributed by atoms with Crippen molar-refractivity contribution in [2.24, 2.45) is 0 Å². The highest BCUT2D eigenvalue weighted by atomic mass is 79.9. The lowest BCUT2D eigenvalue weighted by atomic mass is 9.86. The van der Waals surface area contributed by atoms with E-state index in [9.17, 15) is 9.59 Å². The van der Waals surface area contributed by atoms with Crippen LogP contribution in [0.15, 0.2) is 46.9 Å². The zero-order chi connectivity index (χ0) is 19.3. The van der Waals surface area contributed by atoms with E-state index in [0.717, 1.165) is 15.6 Å². The topological polar surface area (TPSA) is 67.4 Å². The van der Waals surface area contributed by atoms with Gasteiger partial charge in [0.1, 0.15) is 5.75 Å². The van der Waals surface area contributed by atoms with Crippen molar-refractivity contribution in [1.82, 2.24) is 10.9 Å². The average Bonchev–Trinajstić information content (AvgIpc) is 2.56. The number of amides is 2. The number of ether oxygens (including phenoxy) is 1. The minimum absolute atomic E-state index is 0.0326. The van der Waals surface area contributed by atoms with Gasteiger partial charge in [-0.05, 0) is 47.7 Å². The van der Waals surface area contributed by atoms with Crippen molar-refractivity contribution in [2.45, 2.75) is 33.1 Å². The fourth-order valence-electron chi connectivity index (χ4n) is 2.35. The Bertz CT molecular complexity index is 813. The van der Waals surface area contributed by atoms with Gasteiger partial charge in [-0.3, -0.25) is 20.4 Å². The maximum atomic E-state index is 12.2. The molecule has 0 spiro atoms. The van der Waals surface area contributed by atoms with Gasteiger partial charge in [0.15, 0.2) is 6.61 Å². The van der Waals surface area contributed by atoms with E-state index >= 15 is 0 Å². The van der Waals surface area contributed by atoms with Crippen LogP contribution < -0.4 is 15.6 Å². The van der Waals surface area contributed by atoms with Crippen molar-refractivity contribution in [2.75, 3.05) is 6.61 Å². The van der Waals surface area contributed by atoms with E-state index in [2.05, 4.69) is 47.6 Å². The van der Waals surface area contributed by atoms with Gasteiger partial charge in [-0.2, -0.15) is 0 Å². The van der Waals surface area contributed by atoms with E-state index < -0.39 is 11.8 Å². The SMILES string of the molecule is Cc1cccc(OCC(=O)NNC(=O)c2ccc(C(C)(C)C)c(Br)c2)c1. The lowest BCUT2D eigenvalue weighted by Gasteiger charge is -2.21. The lowest BCUT2D eigenvalue weighted by Crippen LogP contribution is -2.43. The summed E-state index contributed by atoms with van der Waals surface area (Å²) in [7, 11) is 0. The standard InChI is InChI=1S/C20H23BrN2O3/c1-13-6-5-7-15(10-13)26-12-18(24)22-23-19(25)14-8-9-16(17(21)11-14)20(2,3)4/h5-11H,12H2,1-4H3,(H,22,24)(H,23,25). The number of aryl methyl sites for hydroxylation is 1. The van der Waals surface area contributed by atoms with Crippen LogP contribution in [0.1, 0.15) is 42.3 Å². The van der Waals surface area contributed by atoms with Crippen LogP contribution in [-0.2, 0) is 10.2 Å². The summed E-state index contributed by atoms with van der Waals surface area (Å²) in [5, 5.41) is 0. The van der Waals surface area contributed by atoms with Crippen LogP contribution in [0.5, 0.6) is 5.75 Å². The molecule has 2 N–H and O–H groups in total. The predicted molar refractivity (Wildman–Crippen MR) is 105 cm³/mol. The molecule has 5 nitrogen and oxygen atoms in total. The summed E-state index contributed by atoms with van der Waals surface area (Å²) < 4.78 is 6.24. The minimum atomic E-state index is -0.440. The molecule has 138 valence electrons. The van der Waals surface area contributed by atoms with Crippen molar-refractivity contribution in [3.63, 3.8) is 0 Å². The first kappa shape index (κ1) is 20.0. The van der Waals surface area contributed by atoms with Crippen LogP contribution in [0, 0.1) is 6.92 Å². The third kappa shape index (κ3) is 5.59. The Balaban J connectivity index is 1.88. The third-order valence-electron chi connectivity index (χ3n) is 3.71. The number of hydrogen-bond donors (Lipinski definition) is 2. The molecule has 0 aliphatic rings. The Kier molecular flexibility index (Phi) is 6.42. The molecule has 0 bridgehead atoms. The molecule has 2 aromatic rings. The second kappa shape index (κ2) is 8.36. The molecule has 0 radical (unpaired) electrons. The van der Waals surface area contributed by atoms with Crippen LogP contribution in [0.3, 0.4) is 0 Å². The molecule has 2 amide bonds. The first-order valence-corrected chi connectivity index (χ1v) is 9.05. The Morgan fingerprint density at radius 2 is 1.81 bits per heavy atom. The summed E-state index contributed by atoms with van der Waals surface area (Å²) in [6.45, 7) is 8.05. The van der Waals surface area contributed by atoms with Gasteiger partial charge in [-0.15, -0.1) is 0 Å². The number of carbonyl (C=O) groups excluding carboxylic acids is 2. The van der Waals surface area contributed by atoms with Gasteiger partial charge in [-0.1, -0.05) is 54.9 Å². The molecular formula is C20H23BrN2O3. The molecule has 0 saturated carbocycles. The summed E-state index contributed by atoms with van der Waals surface area (Å²) in [4.78, 5) is 24.0. The smallest absolute Gasteiger partial charge is 0.276 e. The highest BCUT2D eigenvalue weighted by Gasteiger charge is 2.18. The van der Waals surface area contributed by atoms with Crippen LogP contribution in [-0.4, -0.2) is 18.4 Å². The number of benzene rings is 2. The van der Waals surface area contributed by atoms with Crippen molar-refractivity contribution < 1.29 is 14.3 Å². The molecule has 6 heteroatoms. The number of hydrazine groups is 1. The van der Waals surface area contributed by atoms with Gasteiger partial charge < -0.3 is 4.74 Å². The van der Waals surface area contributed by atoms with Crippen molar-refractivity contribution in [1.29, 1.82) is 0 Å². The highest BCUT2D eigenvalue weighted by molar-refractivity contribution is 9.10. The normalized spacial score (nSPS) is 11.0. The molecule has 0 heterocycles. The molecule has 2 rings (SSSR count). The molecule has 0 unspecified atom stereocenters. The van der Waals surface area contributed by atoms with Gasteiger partial charge in [0.05, 0.1) is 0 Å². The summed E-state index contributed by atoms with van der Waals surface area (Å²) >= 11 is 3.50. The van der Waals surface area contributed by atoms with Crippen LogP contribution in [0.4, 0.5) is 0 Å². The molecule has 0 atom stereocenters. The van der Waals surface area contributed by atoms with Gasteiger partial charge >= 0.3 is 0 Å². The highest BCUT2D eigenvalue weighted by Crippen LogP contribution is 2.30. The summed E-state index contributed by atoms with van der Waals surface area (Å²) in [6, 6.07) is 12.8. The largest absolute Gasteiger partial charge is 0.484 e. The Labute approximate surface area is 162 Å². The van der Waals surface area contributed by atoms with Gasteiger partial charge in [0.25, 0.3) is 11.8 Å². The molecule has 0 aliphatic carbocycles. The number of carbonyl (C=O) groups is 2. The zero-order valence-corrected chi connectivity index (χ0v) is 16.9. The Hall–Kier alpha value is -2.34. The van der Waals surface area contributed by atoms with Crippen molar-refractivity contribution in [3.8, 4) is 5.75 Å². The number of nitrogens with one attached hydrogen (secondary N) is 2. The van der Waals surface area contributed by atoms with Gasteiger partial charge in [0.2, 0.25) is 0 Å². The zero-order valence-electron chi connectivity index (χ0n) is 15.4. The maximum Gasteiger partial charge on any atom is 0.276 e. The second-order valence-corrected chi connectivity index (χ2v) is 7.91. The van der Waals surface area contributed by atoms with Crippen LogP contribution in [0.2, 0.25) is 0 Å². The predicted octanol–water partition coefficient (Wildman–Crippen LogP) is 3.90. The molecule has 26 heavy (non-hydrogen) atoms. The molecule has 0 aliphatic heterocycles. The van der Waals surface area contributed by atoms with E-state index in [0.29, 0.717) is 11.3 Å². The van der Waals surface area contributed by atoms with E-state index in [1.165, 1.54) is 0 Å². The summed E-state index contributed by atoms with van der Waals surface area (Å²) in [6.07, 6.45) is 0. The molecule has 0 aromatic heterocycles. The average molecular weight is 419 g/mol. The Morgan fingerprint density at radius 3 is 2.42 bits per heavy atom. The fourth-order valence-corrected chi connectivity index (χ4v) is 3.33. The quantitative estimate of drug-likeness (QED) is 0.739. The first-order chi connectivity index (χ1) is 12.2. The summed E-state index contributed by atoms with van der Waals surface area (Å²) in [5.74, 6) is -0.228. The van der Waals surface area contributed by atoms with E-state index in [4.69, 9.17) is 4.74 Å². The van der Waals surface area contributed by atoms with Crippen molar-refractivity contribution >= 4 is 27.7 Å². The molecule has 0 saturated heterocycles. The van der Waals surface area contributed by atoms with Crippen LogP contribution in [0.25, 0.3) is 0 Å². The van der Waals surface area contributed by atoms with E-state index in [1.807, 2.05) is 31.2 Å². The number of halogens is 1. The number of rotatable bonds is 4. The second-order valence-electron chi connectivity index (χ2n) is 7.05. The minimum Gasteiger partial charge on any atom is -0.484 e. The van der Waals surface area contributed by atoms with E-state index in [1.54, 1.807) is 18.2 Å². The molecule has 0 fully saturated rings. The van der Waals surface area contributed by atoms with Gasteiger partial charge in [-0.25, -0.2) is 0 Å². The van der Waals surface area contributed by atoms with Crippen LogP contribution >= 0.6 is 15.9 Å². The van der Waals surface area contributed by atoms with Crippen molar-refractivity contribution in [3.05, 3.63) is 63.6 Å². The maximum absolute atomic E-state index is 12.2. The Morgan fingerprint density at radius 1 is 1.08 bits per heavy atom. The monoisotopic (exact) mass is 418 g/mol. The molecule has 2 aromatic carbocycles. The van der Waals surface area contributed by atoms with Gasteiger partial charge in [0, 0.05) is 10.0 Å². The first-order valence-electron chi connectivity index (χ1n) is 8.25. The van der Waals surface area contributed by atoms with E-state index in [-0.39, 0.29) is 12.0 Å². The lowest BCUT2D eigenvalue weighted by molar-refractivity contribution is -0.123. The number of hydrogen-bond acceptors (Lipinski definition) is 3. The third-order valence-corrected chi connectivity index (χ3v) is 4.37. The fraction of sp³-hybridized carbons (Fsp3) is 0.300.